The first-order valence-corrected chi connectivity index (χ1v) is 10.5. The molecule has 0 radical (unpaired) electrons. The van der Waals surface area contributed by atoms with Gasteiger partial charge in [-0.25, -0.2) is 4.98 Å². The molecule has 5 nitrogen and oxygen atoms in total. The van der Waals surface area contributed by atoms with Crippen molar-refractivity contribution < 1.29 is 0 Å². The monoisotopic (exact) mass is 363 g/mol. The normalized spacial score (nSPS) is 23.0. The first kappa shape index (κ1) is 17.0. The lowest BCUT2D eigenvalue weighted by molar-refractivity contribution is 0.175. The lowest BCUT2D eigenvalue weighted by atomic mass is 10.0. The highest BCUT2D eigenvalue weighted by atomic mass is 15.3. The van der Waals surface area contributed by atoms with Gasteiger partial charge in [0.1, 0.15) is 5.82 Å². The standard InChI is InChI=1S/C22H29N5/c23-22-24-20-18-9-3-2-7-16(18)8-6-10-19(20)21(25-22)27-14-11-17(15-27)26-12-4-1-5-13-26/h2-3,7,9,17H,1,4-6,8,10-15H2,(H2,23,24,25). The Bertz CT molecular complexity index is 827. The van der Waals surface area contributed by atoms with Gasteiger partial charge in [-0.2, -0.15) is 4.98 Å². The van der Waals surface area contributed by atoms with Crippen LogP contribution in [0.5, 0.6) is 0 Å². The Balaban J connectivity index is 1.49. The molecule has 5 heteroatoms. The second-order valence-electron chi connectivity index (χ2n) is 8.23. The third-order valence-electron chi connectivity index (χ3n) is 6.52. The number of nitrogens with two attached hydrogens (primary N) is 1. The fourth-order valence-electron chi connectivity index (χ4n) is 5.14. The predicted molar refractivity (Wildman–Crippen MR) is 110 cm³/mol. The third-order valence-corrected chi connectivity index (χ3v) is 6.52. The maximum Gasteiger partial charge on any atom is 0.222 e. The molecule has 2 saturated heterocycles. The van der Waals surface area contributed by atoms with Gasteiger partial charge in [-0.05, 0) is 57.2 Å². The predicted octanol–water partition coefficient (Wildman–Crippen LogP) is 3.28. The van der Waals surface area contributed by atoms with Gasteiger partial charge >= 0.3 is 0 Å². The van der Waals surface area contributed by atoms with Gasteiger partial charge in [-0.1, -0.05) is 30.7 Å². The molecule has 1 atom stereocenters. The van der Waals surface area contributed by atoms with Crippen LogP contribution < -0.4 is 10.6 Å². The van der Waals surface area contributed by atoms with Crippen LogP contribution >= 0.6 is 0 Å². The number of rotatable bonds is 2. The average Bonchev–Trinajstić information content (AvgIpc) is 3.12. The molecule has 142 valence electrons. The van der Waals surface area contributed by atoms with Crippen molar-refractivity contribution in [2.24, 2.45) is 0 Å². The number of benzene rings is 1. The molecule has 0 saturated carbocycles. The van der Waals surface area contributed by atoms with Crippen LogP contribution in [-0.4, -0.2) is 47.1 Å². The Kier molecular flexibility index (Phi) is 4.48. The van der Waals surface area contributed by atoms with Gasteiger partial charge in [0.05, 0.1) is 5.69 Å². The van der Waals surface area contributed by atoms with Crippen LogP contribution in [0.1, 0.15) is 43.2 Å². The molecule has 1 aromatic heterocycles. The van der Waals surface area contributed by atoms with E-state index in [1.807, 2.05) is 0 Å². The molecule has 0 amide bonds. The molecule has 3 heterocycles. The summed E-state index contributed by atoms with van der Waals surface area (Å²) in [6.45, 7) is 4.67. The number of hydrogen-bond donors (Lipinski definition) is 1. The molecule has 0 bridgehead atoms. The van der Waals surface area contributed by atoms with Crippen molar-refractivity contribution in [3.63, 3.8) is 0 Å². The summed E-state index contributed by atoms with van der Waals surface area (Å²) in [5.74, 6) is 1.50. The molecule has 1 aliphatic carbocycles. The third kappa shape index (κ3) is 3.18. The quantitative estimate of drug-likeness (QED) is 0.887. The smallest absolute Gasteiger partial charge is 0.222 e. The van der Waals surface area contributed by atoms with Gasteiger partial charge in [-0.15, -0.1) is 0 Å². The minimum absolute atomic E-state index is 0.405. The zero-order chi connectivity index (χ0) is 18.2. The van der Waals surface area contributed by atoms with E-state index in [-0.39, 0.29) is 0 Å². The zero-order valence-electron chi connectivity index (χ0n) is 16.0. The van der Waals surface area contributed by atoms with Gasteiger partial charge in [0.25, 0.3) is 0 Å². The van der Waals surface area contributed by atoms with Crippen LogP contribution in [0.4, 0.5) is 11.8 Å². The number of aromatic nitrogens is 2. The maximum absolute atomic E-state index is 6.18. The minimum Gasteiger partial charge on any atom is -0.368 e. The highest BCUT2D eigenvalue weighted by molar-refractivity contribution is 5.74. The van der Waals surface area contributed by atoms with Crippen molar-refractivity contribution in [3.8, 4) is 11.3 Å². The topological polar surface area (TPSA) is 58.3 Å². The second kappa shape index (κ2) is 7.12. The number of aryl methyl sites for hydroxylation is 1. The van der Waals surface area contributed by atoms with Crippen molar-refractivity contribution in [2.75, 3.05) is 36.8 Å². The molecule has 3 aliphatic rings. The number of nitrogen functional groups attached to an aromatic ring is 1. The molecular formula is C22H29N5. The highest BCUT2D eigenvalue weighted by Crippen LogP contribution is 2.37. The Morgan fingerprint density at radius 2 is 1.78 bits per heavy atom. The highest BCUT2D eigenvalue weighted by Gasteiger charge is 2.32. The number of anilines is 2. The van der Waals surface area contributed by atoms with E-state index in [4.69, 9.17) is 10.7 Å². The fourth-order valence-corrected chi connectivity index (χ4v) is 5.14. The lowest BCUT2D eigenvalue weighted by Gasteiger charge is -2.32. The molecule has 0 spiro atoms. The number of nitrogens with zero attached hydrogens (tertiary/aromatic N) is 4. The van der Waals surface area contributed by atoms with Gasteiger partial charge in [0.2, 0.25) is 5.95 Å². The Hall–Kier alpha value is -2.14. The first-order chi connectivity index (χ1) is 13.3. The zero-order valence-corrected chi connectivity index (χ0v) is 16.0. The maximum atomic E-state index is 6.18. The van der Waals surface area contributed by atoms with E-state index in [0.717, 1.165) is 43.9 Å². The SMILES string of the molecule is Nc1nc2c(c(N3CCC(N4CCCCC4)C3)n1)CCCc1ccccc1-2. The second-order valence-corrected chi connectivity index (χ2v) is 8.23. The van der Waals surface area contributed by atoms with Gasteiger partial charge in [0.15, 0.2) is 0 Å². The molecule has 2 aromatic rings. The van der Waals surface area contributed by atoms with Crippen molar-refractivity contribution in [2.45, 2.75) is 51.0 Å². The number of fused-ring (bicyclic) bond motifs is 3. The Morgan fingerprint density at radius 1 is 0.926 bits per heavy atom. The number of likely N-dealkylation sites (tertiary alicyclic amines) is 1. The summed E-state index contributed by atoms with van der Waals surface area (Å²) < 4.78 is 0. The molecular weight excluding hydrogens is 334 g/mol. The van der Waals surface area contributed by atoms with Crippen LogP contribution in [0.3, 0.4) is 0 Å². The number of piperidine rings is 1. The summed E-state index contributed by atoms with van der Waals surface area (Å²) in [4.78, 5) is 14.6. The van der Waals surface area contributed by atoms with E-state index in [1.165, 1.54) is 55.5 Å². The van der Waals surface area contributed by atoms with E-state index in [2.05, 4.69) is 39.0 Å². The van der Waals surface area contributed by atoms with Crippen molar-refractivity contribution >= 4 is 11.8 Å². The summed E-state index contributed by atoms with van der Waals surface area (Å²) >= 11 is 0. The van der Waals surface area contributed by atoms with E-state index in [1.54, 1.807) is 0 Å². The minimum atomic E-state index is 0.405. The largest absolute Gasteiger partial charge is 0.368 e. The van der Waals surface area contributed by atoms with Gasteiger partial charge in [-0.3, -0.25) is 4.90 Å². The Morgan fingerprint density at radius 3 is 2.67 bits per heavy atom. The molecule has 2 aliphatic heterocycles. The van der Waals surface area contributed by atoms with E-state index >= 15 is 0 Å². The van der Waals surface area contributed by atoms with Crippen molar-refractivity contribution in [1.82, 2.24) is 14.9 Å². The molecule has 1 unspecified atom stereocenters. The average molecular weight is 364 g/mol. The molecule has 2 N–H and O–H groups in total. The summed E-state index contributed by atoms with van der Waals surface area (Å²) in [6.07, 6.45) is 8.60. The van der Waals surface area contributed by atoms with Crippen LogP contribution in [0.15, 0.2) is 24.3 Å². The van der Waals surface area contributed by atoms with E-state index in [9.17, 15) is 0 Å². The Labute approximate surface area is 161 Å². The lowest BCUT2D eigenvalue weighted by Crippen LogP contribution is -2.41. The van der Waals surface area contributed by atoms with Crippen LogP contribution in [0, 0.1) is 0 Å². The summed E-state index contributed by atoms with van der Waals surface area (Å²) in [5, 5.41) is 0. The van der Waals surface area contributed by atoms with Crippen LogP contribution in [-0.2, 0) is 12.8 Å². The molecule has 2 fully saturated rings. The summed E-state index contributed by atoms with van der Waals surface area (Å²) in [5.41, 5.74) is 11.2. The summed E-state index contributed by atoms with van der Waals surface area (Å²) in [7, 11) is 0. The summed E-state index contributed by atoms with van der Waals surface area (Å²) in [6, 6.07) is 9.31. The van der Waals surface area contributed by atoms with Crippen LogP contribution in [0.2, 0.25) is 0 Å². The van der Waals surface area contributed by atoms with Gasteiger partial charge < -0.3 is 10.6 Å². The van der Waals surface area contributed by atoms with Crippen LogP contribution in [0.25, 0.3) is 11.3 Å². The first-order valence-electron chi connectivity index (χ1n) is 10.5. The van der Waals surface area contributed by atoms with Gasteiger partial charge in [0, 0.05) is 30.3 Å². The molecule has 1 aromatic carbocycles. The van der Waals surface area contributed by atoms with E-state index < -0.39 is 0 Å². The van der Waals surface area contributed by atoms with Crippen molar-refractivity contribution in [1.29, 1.82) is 0 Å². The molecule has 5 rings (SSSR count). The van der Waals surface area contributed by atoms with E-state index in [0.29, 0.717) is 12.0 Å². The van der Waals surface area contributed by atoms with Crippen molar-refractivity contribution in [3.05, 3.63) is 35.4 Å². The molecule has 27 heavy (non-hydrogen) atoms. The number of hydrogen-bond acceptors (Lipinski definition) is 5. The fraction of sp³-hybridized carbons (Fsp3) is 0.545.